The van der Waals surface area contributed by atoms with E-state index in [1.165, 1.54) is 39.1 Å². The first kappa shape index (κ1) is 13.3. The molecule has 0 N–H and O–H groups in total. The molecule has 1 aliphatic rings. The predicted molar refractivity (Wildman–Crippen MR) is 70.8 cm³/mol. The molecule has 2 nitrogen and oxygen atoms in total. The first-order valence-corrected chi connectivity index (χ1v) is 6.87. The van der Waals surface area contributed by atoms with Gasteiger partial charge in [0, 0.05) is 38.8 Å². The van der Waals surface area contributed by atoms with Crippen molar-refractivity contribution in [2.45, 2.75) is 33.2 Å². The van der Waals surface area contributed by atoms with Gasteiger partial charge in [-0.3, -0.25) is 4.90 Å². The van der Waals surface area contributed by atoms with E-state index in [-0.39, 0.29) is 0 Å². The molecule has 0 bridgehead atoms. The molecule has 15 heavy (non-hydrogen) atoms. The van der Waals surface area contributed by atoms with Gasteiger partial charge in [-0.2, -0.15) is 12.6 Å². The van der Waals surface area contributed by atoms with Crippen molar-refractivity contribution in [3.8, 4) is 0 Å². The second-order valence-corrected chi connectivity index (χ2v) is 5.25. The third-order valence-electron chi connectivity index (χ3n) is 3.50. The number of rotatable bonds is 5. The SMILES string of the molecule is CCC(C)N1CCN(CC(C)CS)CC1. The molecule has 2 atom stereocenters. The third kappa shape index (κ3) is 4.33. The lowest BCUT2D eigenvalue weighted by molar-refractivity contribution is 0.0938. The first-order valence-electron chi connectivity index (χ1n) is 6.24. The molecule has 0 spiro atoms. The van der Waals surface area contributed by atoms with Gasteiger partial charge in [-0.05, 0) is 25.0 Å². The number of thiol groups is 1. The standard InChI is InChI=1S/C12H26N2S/c1-4-12(3)14-7-5-13(6-8-14)9-11(2)10-15/h11-12,15H,4-10H2,1-3H3. The third-order valence-corrected chi connectivity index (χ3v) is 4.13. The Bertz CT molecular complexity index is 167. The summed E-state index contributed by atoms with van der Waals surface area (Å²) in [5.41, 5.74) is 0. The van der Waals surface area contributed by atoms with E-state index in [4.69, 9.17) is 0 Å². The van der Waals surface area contributed by atoms with Crippen LogP contribution in [0.4, 0.5) is 0 Å². The number of hydrogen-bond donors (Lipinski definition) is 1. The Morgan fingerprint density at radius 3 is 2.20 bits per heavy atom. The number of piperazine rings is 1. The smallest absolute Gasteiger partial charge is 0.0113 e. The van der Waals surface area contributed by atoms with E-state index in [9.17, 15) is 0 Å². The van der Waals surface area contributed by atoms with Gasteiger partial charge in [-0.15, -0.1) is 0 Å². The van der Waals surface area contributed by atoms with Gasteiger partial charge in [0.05, 0.1) is 0 Å². The zero-order chi connectivity index (χ0) is 11.3. The lowest BCUT2D eigenvalue weighted by Crippen LogP contribution is -2.50. The van der Waals surface area contributed by atoms with Gasteiger partial charge < -0.3 is 4.90 Å². The summed E-state index contributed by atoms with van der Waals surface area (Å²) in [6.07, 6.45) is 1.27. The Morgan fingerprint density at radius 1 is 1.13 bits per heavy atom. The van der Waals surface area contributed by atoms with Crippen LogP contribution in [0, 0.1) is 5.92 Å². The maximum atomic E-state index is 4.34. The molecular formula is C12H26N2S. The molecule has 0 aromatic rings. The zero-order valence-electron chi connectivity index (χ0n) is 10.4. The topological polar surface area (TPSA) is 6.48 Å². The van der Waals surface area contributed by atoms with Crippen molar-refractivity contribution in [3.05, 3.63) is 0 Å². The molecule has 1 heterocycles. The summed E-state index contributed by atoms with van der Waals surface area (Å²) in [5, 5.41) is 0. The summed E-state index contributed by atoms with van der Waals surface area (Å²) in [4.78, 5) is 5.20. The van der Waals surface area contributed by atoms with Crippen LogP contribution >= 0.6 is 12.6 Å². The van der Waals surface area contributed by atoms with Gasteiger partial charge in [-0.25, -0.2) is 0 Å². The van der Waals surface area contributed by atoms with Gasteiger partial charge >= 0.3 is 0 Å². The minimum Gasteiger partial charge on any atom is -0.300 e. The molecule has 3 heteroatoms. The Hall–Kier alpha value is 0.270. The summed E-state index contributed by atoms with van der Waals surface area (Å²) < 4.78 is 0. The van der Waals surface area contributed by atoms with E-state index in [0.717, 1.165) is 17.7 Å². The second-order valence-electron chi connectivity index (χ2n) is 4.88. The molecule has 0 aromatic heterocycles. The average Bonchev–Trinajstić information content (AvgIpc) is 2.29. The zero-order valence-corrected chi connectivity index (χ0v) is 11.3. The fourth-order valence-electron chi connectivity index (χ4n) is 2.14. The highest BCUT2D eigenvalue weighted by molar-refractivity contribution is 7.80. The minimum absolute atomic E-state index is 0.725. The monoisotopic (exact) mass is 230 g/mol. The maximum Gasteiger partial charge on any atom is 0.0113 e. The van der Waals surface area contributed by atoms with E-state index in [0.29, 0.717) is 0 Å². The first-order chi connectivity index (χ1) is 7.17. The molecule has 1 rings (SSSR count). The van der Waals surface area contributed by atoms with Crippen LogP contribution in [0.25, 0.3) is 0 Å². The van der Waals surface area contributed by atoms with Gasteiger partial charge in [-0.1, -0.05) is 13.8 Å². The Kier molecular flexibility index (Phi) is 6.02. The van der Waals surface area contributed by atoms with Gasteiger partial charge in [0.25, 0.3) is 0 Å². The highest BCUT2D eigenvalue weighted by Gasteiger charge is 2.20. The van der Waals surface area contributed by atoms with Crippen LogP contribution in [0.1, 0.15) is 27.2 Å². The highest BCUT2D eigenvalue weighted by Crippen LogP contribution is 2.10. The highest BCUT2D eigenvalue weighted by atomic mass is 32.1. The molecule has 90 valence electrons. The lowest BCUT2D eigenvalue weighted by Gasteiger charge is -2.38. The van der Waals surface area contributed by atoms with E-state index >= 15 is 0 Å². The van der Waals surface area contributed by atoms with Crippen LogP contribution in [-0.2, 0) is 0 Å². The summed E-state index contributed by atoms with van der Waals surface area (Å²) in [6, 6.07) is 0.759. The minimum atomic E-state index is 0.725. The van der Waals surface area contributed by atoms with Crippen molar-refractivity contribution in [1.29, 1.82) is 0 Å². The number of hydrogen-bond acceptors (Lipinski definition) is 3. The quantitative estimate of drug-likeness (QED) is 0.722. The van der Waals surface area contributed by atoms with Crippen molar-refractivity contribution < 1.29 is 0 Å². The average molecular weight is 230 g/mol. The van der Waals surface area contributed by atoms with Gasteiger partial charge in [0.1, 0.15) is 0 Å². The summed E-state index contributed by atoms with van der Waals surface area (Å²) in [7, 11) is 0. The summed E-state index contributed by atoms with van der Waals surface area (Å²) >= 11 is 4.34. The Morgan fingerprint density at radius 2 is 1.73 bits per heavy atom. The van der Waals surface area contributed by atoms with E-state index in [1.807, 2.05) is 0 Å². The molecule has 0 radical (unpaired) electrons. The fourth-order valence-corrected chi connectivity index (χ4v) is 2.26. The van der Waals surface area contributed by atoms with Crippen molar-refractivity contribution in [3.63, 3.8) is 0 Å². The lowest BCUT2D eigenvalue weighted by atomic mass is 10.1. The predicted octanol–water partition coefficient (Wildman–Crippen LogP) is 1.97. The van der Waals surface area contributed by atoms with Crippen LogP contribution in [0.5, 0.6) is 0 Å². The largest absolute Gasteiger partial charge is 0.300 e. The summed E-state index contributed by atoms with van der Waals surface area (Å²) in [5.74, 6) is 1.73. The van der Waals surface area contributed by atoms with Crippen LogP contribution in [0.3, 0.4) is 0 Å². The molecule has 1 aliphatic heterocycles. The second kappa shape index (κ2) is 6.77. The van der Waals surface area contributed by atoms with Crippen molar-refractivity contribution in [2.24, 2.45) is 5.92 Å². The molecule has 1 saturated heterocycles. The molecular weight excluding hydrogens is 204 g/mol. The molecule has 2 unspecified atom stereocenters. The molecule has 0 amide bonds. The molecule has 0 aromatic carbocycles. The van der Waals surface area contributed by atoms with E-state index < -0.39 is 0 Å². The van der Waals surface area contributed by atoms with Crippen molar-refractivity contribution >= 4 is 12.6 Å². The maximum absolute atomic E-state index is 4.34. The van der Waals surface area contributed by atoms with Crippen molar-refractivity contribution in [1.82, 2.24) is 9.80 Å². The molecule has 0 aliphatic carbocycles. The van der Waals surface area contributed by atoms with Crippen LogP contribution in [-0.4, -0.2) is 54.3 Å². The van der Waals surface area contributed by atoms with Crippen LogP contribution in [0.15, 0.2) is 0 Å². The van der Waals surface area contributed by atoms with E-state index in [1.54, 1.807) is 0 Å². The van der Waals surface area contributed by atoms with Gasteiger partial charge in [0.15, 0.2) is 0 Å². The normalized spacial score (nSPS) is 24.0. The molecule has 0 saturated carbocycles. The van der Waals surface area contributed by atoms with Crippen LogP contribution < -0.4 is 0 Å². The summed E-state index contributed by atoms with van der Waals surface area (Å²) in [6.45, 7) is 13.1. The Labute approximate surface area is 100 Å². The number of nitrogens with zero attached hydrogens (tertiary/aromatic N) is 2. The molecule has 1 fully saturated rings. The van der Waals surface area contributed by atoms with Crippen LogP contribution in [0.2, 0.25) is 0 Å². The van der Waals surface area contributed by atoms with Gasteiger partial charge in [0.2, 0.25) is 0 Å². The Balaban J connectivity index is 2.23. The van der Waals surface area contributed by atoms with Crippen molar-refractivity contribution in [2.75, 3.05) is 38.5 Å². The van der Waals surface area contributed by atoms with E-state index in [2.05, 4.69) is 43.2 Å². The fraction of sp³-hybridized carbons (Fsp3) is 1.00.